The van der Waals surface area contributed by atoms with E-state index in [0.717, 1.165) is 23.2 Å². The molecule has 0 aliphatic heterocycles. The predicted octanol–water partition coefficient (Wildman–Crippen LogP) is 3.35. The van der Waals surface area contributed by atoms with Gasteiger partial charge in [0.15, 0.2) is 11.5 Å². The highest BCUT2D eigenvalue weighted by molar-refractivity contribution is 7.90. The van der Waals surface area contributed by atoms with Crippen molar-refractivity contribution in [2.75, 3.05) is 31.5 Å². The highest BCUT2D eigenvalue weighted by atomic mass is 32.2. The second-order valence-electron chi connectivity index (χ2n) is 8.70. The molecule has 1 atom stereocenters. The van der Waals surface area contributed by atoms with Crippen molar-refractivity contribution in [1.82, 2.24) is 30.0 Å². The molecule has 0 saturated heterocycles. The van der Waals surface area contributed by atoms with E-state index in [0.29, 0.717) is 17.2 Å². The number of halogens is 3. The molecule has 4 rings (SSSR count). The number of hydrogen-bond acceptors (Lipinski definition) is 10. The van der Waals surface area contributed by atoms with Crippen molar-refractivity contribution >= 4 is 27.4 Å². The van der Waals surface area contributed by atoms with Crippen LogP contribution in [0.2, 0.25) is 0 Å². The van der Waals surface area contributed by atoms with E-state index in [9.17, 15) is 26.4 Å². The number of nitrogens with one attached hydrogen (secondary N) is 2. The molecule has 0 fully saturated rings. The van der Waals surface area contributed by atoms with Gasteiger partial charge < -0.3 is 20.1 Å². The molecule has 0 radical (unpaired) electrons. The summed E-state index contributed by atoms with van der Waals surface area (Å²) in [6.07, 6.45) is 1.17. The summed E-state index contributed by atoms with van der Waals surface area (Å²) in [6.45, 7) is 0. The van der Waals surface area contributed by atoms with Crippen LogP contribution in [0.15, 0.2) is 61.2 Å². The topological polar surface area (TPSA) is 150 Å². The Kier molecular flexibility index (Phi) is 8.41. The van der Waals surface area contributed by atoms with Gasteiger partial charge in [0, 0.05) is 60.5 Å². The van der Waals surface area contributed by atoms with Gasteiger partial charge in [-0.15, -0.1) is 0 Å². The fourth-order valence-electron chi connectivity index (χ4n) is 3.72. The minimum absolute atomic E-state index is 0.00161. The molecule has 1 amide bonds. The van der Waals surface area contributed by atoms with Gasteiger partial charge in [-0.2, -0.15) is 23.3 Å². The number of alkyl halides is 3. The first-order valence-corrected chi connectivity index (χ1v) is 13.8. The molecule has 0 bridgehead atoms. The van der Waals surface area contributed by atoms with Crippen molar-refractivity contribution in [1.29, 1.82) is 0 Å². The number of pyridine rings is 1. The van der Waals surface area contributed by atoms with Crippen LogP contribution in [0, 0.1) is 0 Å². The van der Waals surface area contributed by atoms with Crippen molar-refractivity contribution in [2.24, 2.45) is 0 Å². The van der Waals surface area contributed by atoms with Crippen LogP contribution < -0.4 is 20.1 Å². The van der Waals surface area contributed by atoms with Crippen molar-refractivity contribution in [2.45, 2.75) is 12.2 Å². The Morgan fingerprint density at radius 2 is 1.80 bits per heavy atom. The Balaban J connectivity index is 1.82. The molecule has 0 aliphatic rings. The summed E-state index contributed by atoms with van der Waals surface area (Å²) >= 11 is 0. The van der Waals surface area contributed by atoms with Crippen LogP contribution in [0.1, 0.15) is 27.7 Å². The zero-order chi connectivity index (χ0) is 29.8. The largest absolute Gasteiger partial charge is 0.497 e. The second-order valence-corrected chi connectivity index (χ2v) is 10.9. The van der Waals surface area contributed by atoms with Crippen LogP contribution in [0.4, 0.5) is 24.8 Å². The molecule has 1 unspecified atom stereocenters. The zero-order valence-corrected chi connectivity index (χ0v) is 22.7. The van der Waals surface area contributed by atoms with Crippen molar-refractivity contribution in [3.8, 4) is 17.3 Å². The third-order valence-electron chi connectivity index (χ3n) is 5.57. The number of methoxy groups -OCH3 is 2. The standard InChI is InChI=1S/C25H24F3N7O5S/c1-39-17-9-16(10-18(11-17)40-2)31-24-30-13-19(22(33-24)35-8-6-21(34-35)25(26,27)28)20(14-41(3,37)38)32-23(36)15-5-4-7-29-12-15/h4-13,20H,14H2,1-3H3,(H,32,36)(H,30,31,33). The van der Waals surface area contributed by atoms with Gasteiger partial charge in [-0.1, -0.05) is 0 Å². The number of carbonyl (C=O) groups excluding carboxylic acids is 1. The third-order valence-corrected chi connectivity index (χ3v) is 6.51. The number of anilines is 2. The average Bonchev–Trinajstić information content (AvgIpc) is 3.43. The van der Waals surface area contributed by atoms with E-state index in [1.54, 1.807) is 18.2 Å². The van der Waals surface area contributed by atoms with E-state index in [-0.39, 0.29) is 22.9 Å². The lowest BCUT2D eigenvalue weighted by Gasteiger charge is -2.21. The van der Waals surface area contributed by atoms with Crippen LogP contribution in [-0.4, -0.2) is 65.3 Å². The van der Waals surface area contributed by atoms with E-state index in [1.807, 2.05) is 0 Å². The van der Waals surface area contributed by atoms with E-state index in [1.165, 1.54) is 44.9 Å². The van der Waals surface area contributed by atoms with E-state index in [4.69, 9.17) is 9.47 Å². The monoisotopic (exact) mass is 591 g/mol. The maximum atomic E-state index is 13.4. The van der Waals surface area contributed by atoms with Gasteiger partial charge in [-0.3, -0.25) is 9.78 Å². The Hall–Kier alpha value is -4.73. The number of benzene rings is 1. The fourth-order valence-corrected chi connectivity index (χ4v) is 4.59. The molecule has 1 aromatic carbocycles. The summed E-state index contributed by atoms with van der Waals surface area (Å²) in [7, 11) is -0.813. The van der Waals surface area contributed by atoms with Gasteiger partial charge >= 0.3 is 6.18 Å². The number of carbonyl (C=O) groups is 1. The highest BCUT2D eigenvalue weighted by Gasteiger charge is 2.34. The van der Waals surface area contributed by atoms with Crippen LogP contribution in [0.3, 0.4) is 0 Å². The molecule has 216 valence electrons. The minimum Gasteiger partial charge on any atom is -0.497 e. The summed E-state index contributed by atoms with van der Waals surface area (Å²) in [5.41, 5.74) is -0.641. The van der Waals surface area contributed by atoms with Crippen LogP contribution in [0.25, 0.3) is 5.82 Å². The SMILES string of the molecule is COc1cc(Nc2ncc(C(CS(C)(=O)=O)NC(=O)c3cccnc3)c(-n3ccc(C(F)(F)F)n3)n2)cc(OC)c1. The van der Waals surface area contributed by atoms with Crippen molar-refractivity contribution in [3.63, 3.8) is 0 Å². The zero-order valence-electron chi connectivity index (χ0n) is 21.9. The number of hydrogen-bond donors (Lipinski definition) is 2. The van der Waals surface area contributed by atoms with Gasteiger partial charge in [0.1, 0.15) is 21.3 Å². The van der Waals surface area contributed by atoms with Gasteiger partial charge in [-0.25, -0.2) is 18.1 Å². The first-order chi connectivity index (χ1) is 19.4. The number of sulfone groups is 1. The maximum Gasteiger partial charge on any atom is 0.435 e. The predicted molar refractivity (Wildman–Crippen MR) is 141 cm³/mol. The lowest BCUT2D eigenvalue weighted by atomic mass is 10.1. The normalized spacial score (nSPS) is 12.4. The summed E-state index contributed by atoms with van der Waals surface area (Å²) in [4.78, 5) is 25.4. The molecule has 41 heavy (non-hydrogen) atoms. The molecular formula is C25H24F3N7O5S. The summed E-state index contributed by atoms with van der Waals surface area (Å²) in [5.74, 6) is -0.663. The van der Waals surface area contributed by atoms with Crippen LogP contribution >= 0.6 is 0 Å². The minimum atomic E-state index is -4.75. The number of amides is 1. The molecular weight excluding hydrogens is 567 g/mol. The smallest absolute Gasteiger partial charge is 0.435 e. The molecule has 0 spiro atoms. The molecule has 3 aromatic heterocycles. The third kappa shape index (κ3) is 7.47. The Morgan fingerprint density at radius 3 is 2.37 bits per heavy atom. The van der Waals surface area contributed by atoms with E-state index >= 15 is 0 Å². The molecule has 3 heterocycles. The lowest BCUT2D eigenvalue weighted by molar-refractivity contribution is -0.141. The van der Waals surface area contributed by atoms with Gasteiger partial charge in [-0.05, 0) is 18.2 Å². The van der Waals surface area contributed by atoms with Crippen LogP contribution in [0.5, 0.6) is 11.5 Å². The summed E-state index contributed by atoms with van der Waals surface area (Å²) in [6, 6.07) is 7.31. The second kappa shape index (κ2) is 11.8. The van der Waals surface area contributed by atoms with E-state index < -0.39 is 39.4 Å². The quantitative estimate of drug-likeness (QED) is 0.281. The van der Waals surface area contributed by atoms with Gasteiger partial charge in [0.25, 0.3) is 5.91 Å². The Morgan fingerprint density at radius 1 is 1.10 bits per heavy atom. The summed E-state index contributed by atoms with van der Waals surface area (Å²) < 4.78 is 76.1. The average molecular weight is 592 g/mol. The first kappa shape index (κ1) is 29.3. The number of aromatic nitrogens is 5. The van der Waals surface area contributed by atoms with E-state index in [2.05, 4.69) is 30.7 Å². The first-order valence-electron chi connectivity index (χ1n) is 11.7. The summed E-state index contributed by atoms with van der Waals surface area (Å²) in [5, 5.41) is 9.11. The molecule has 12 nitrogen and oxygen atoms in total. The number of rotatable bonds is 10. The Labute approximate surface area is 232 Å². The molecule has 2 N–H and O–H groups in total. The molecule has 0 saturated carbocycles. The van der Waals surface area contributed by atoms with Crippen LogP contribution in [-0.2, 0) is 16.0 Å². The highest BCUT2D eigenvalue weighted by Crippen LogP contribution is 2.31. The fraction of sp³-hybridized carbons (Fsp3) is 0.240. The Bertz CT molecular complexity index is 1620. The maximum absolute atomic E-state index is 13.4. The number of nitrogens with zero attached hydrogens (tertiary/aromatic N) is 5. The van der Waals surface area contributed by atoms with Crippen molar-refractivity contribution in [3.05, 3.63) is 78.0 Å². The molecule has 4 aromatic rings. The molecule has 16 heteroatoms. The molecule has 0 aliphatic carbocycles. The van der Waals surface area contributed by atoms with Gasteiger partial charge in [0.05, 0.1) is 31.6 Å². The lowest BCUT2D eigenvalue weighted by Crippen LogP contribution is -2.34. The van der Waals surface area contributed by atoms with Gasteiger partial charge in [0.2, 0.25) is 5.95 Å². The van der Waals surface area contributed by atoms with Crippen molar-refractivity contribution < 1.29 is 35.9 Å². The number of ether oxygens (including phenoxy) is 2.